The van der Waals surface area contributed by atoms with Crippen molar-refractivity contribution < 1.29 is 23.3 Å². The summed E-state index contributed by atoms with van der Waals surface area (Å²) in [6.07, 6.45) is 3.36. The monoisotopic (exact) mass is 552 g/mol. The van der Waals surface area contributed by atoms with Gasteiger partial charge in [-0.25, -0.2) is 5.57 Å². The second kappa shape index (κ2) is 14.0. The molecule has 0 radical (unpaired) electrons. The molecular formula is C25H32Cl2SSiZr. The van der Waals surface area contributed by atoms with Crippen molar-refractivity contribution in [2.75, 3.05) is 0 Å². The van der Waals surface area contributed by atoms with Crippen LogP contribution < -0.4 is 0 Å². The minimum Gasteiger partial charge on any atom is -0.165 e. The van der Waals surface area contributed by atoms with Gasteiger partial charge in [-0.3, -0.25) is 6.08 Å². The van der Waals surface area contributed by atoms with E-state index in [1.54, 1.807) is 34.7 Å². The number of hydrogen-bond donors (Lipinski definition) is 0. The van der Waals surface area contributed by atoms with E-state index in [1.165, 1.54) is 43.5 Å². The minimum atomic E-state index is 0. The second-order valence-electron chi connectivity index (χ2n) is 7.62. The number of thiophene rings is 1. The molecule has 0 fully saturated rings. The Morgan fingerprint density at radius 2 is 1.67 bits per heavy atom. The second-order valence-corrected chi connectivity index (χ2v) is 17.9. The zero-order valence-corrected chi connectivity index (χ0v) is 24.8. The molecule has 1 unspecified atom stereocenters. The standard InChI is InChI=1S/C14H11S.C9H13.C2H6Si.2ClH.Zr/c1-10-8-11-4-2-5-12(13(11)9-10)14-6-3-7-15-14;1-6-5-7(2)9(4)8(6)3;1-3-2;;;/h2-9H,1H3;6H,1-4H3;1-2H3;2*1H;/q2*-1;;;;+2. The fraction of sp³-hybridized carbons (Fsp3) is 0.320. The van der Waals surface area contributed by atoms with Crippen LogP contribution in [-0.4, -0.2) is 5.43 Å². The number of benzene rings is 1. The summed E-state index contributed by atoms with van der Waals surface area (Å²) in [5.74, 6) is 0.560. The summed E-state index contributed by atoms with van der Waals surface area (Å²) in [4.78, 5) is 1.35. The molecule has 1 aromatic heterocycles. The van der Waals surface area contributed by atoms with Crippen LogP contribution in [0.3, 0.4) is 0 Å². The van der Waals surface area contributed by atoms with E-state index in [9.17, 15) is 0 Å². The quantitative estimate of drug-likeness (QED) is 0.208. The largest absolute Gasteiger partial charge is 0.165 e. The predicted octanol–water partition coefficient (Wildman–Crippen LogP) is 8.95. The summed E-state index contributed by atoms with van der Waals surface area (Å²) in [5.41, 5.74) is 7.15. The van der Waals surface area contributed by atoms with Crippen molar-refractivity contribution in [2.24, 2.45) is 5.92 Å². The van der Waals surface area contributed by atoms with Crippen molar-refractivity contribution in [3.63, 3.8) is 0 Å². The number of hydrogen-bond acceptors (Lipinski definition) is 1. The van der Waals surface area contributed by atoms with Gasteiger partial charge in [0.25, 0.3) is 0 Å². The molecular weight excluding hydrogens is 523 g/mol. The molecule has 0 saturated carbocycles. The number of rotatable bonds is 1. The van der Waals surface area contributed by atoms with Gasteiger partial charge in [0.05, 0.1) is 0 Å². The molecule has 2 aromatic carbocycles. The Balaban J connectivity index is 0.000000486. The topological polar surface area (TPSA) is 0 Å². The van der Waals surface area contributed by atoms with E-state index in [1.807, 2.05) is 0 Å². The van der Waals surface area contributed by atoms with Crippen LogP contribution in [0.25, 0.3) is 21.2 Å². The Kier molecular flexibility index (Phi) is 13.8. The van der Waals surface area contributed by atoms with Crippen LogP contribution >= 0.6 is 36.2 Å². The smallest absolute Gasteiger partial charge is 0.0248 e. The third-order valence-corrected chi connectivity index (χ3v) is 5.82. The molecule has 0 nitrogen and oxygen atoms in total. The molecule has 5 heteroatoms. The van der Waals surface area contributed by atoms with E-state index in [4.69, 9.17) is 0 Å². The molecule has 0 N–H and O–H groups in total. The first-order valence-electron chi connectivity index (χ1n) is 9.70. The Bertz CT molecular complexity index is 1010. The fourth-order valence-corrected chi connectivity index (χ4v) is 3.96. The maximum Gasteiger partial charge on any atom is 0.0248 e. The van der Waals surface area contributed by atoms with E-state index in [0.717, 1.165) is 0 Å². The molecule has 4 rings (SSSR count). The van der Waals surface area contributed by atoms with E-state index >= 15 is 0 Å². The van der Waals surface area contributed by atoms with Gasteiger partial charge in [-0.15, -0.1) is 77.6 Å². The fourth-order valence-electron chi connectivity index (χ4n) is 3.19. The van der Waals surface area contributed by atoms with Gasteiger partial charge in [-0.05, 0) is 11.4 Å². The molecule has 1 aliphatic rings. The molecule has 0 bridgehead atoms. The Hall–Kier alpha value is -0.310. The van der Waals surface area contributed by atoms with E-state index in [2.05, 4.69) is 102 Å². The van der Waals surface area contributed by atoms with Crippen LogP contribution in [-0.2, 0) is 23.3 Å². The van der Waals surface area contributed by atoms with Crippen molar-refractivity contribution in [1.29, 1.82) is 0 Å². The zero-order valence-electron chi connectivity index (χ0n) is 18.9. The van der Waals surface area contributed by atoms with E-state index < -0.39 is 0 Å². The maximum absolute atomic E-state index is 3.36. The number of aryl methyl sites for hydroxylation is 1. The molecule has 3 aromatic rings. The third kappa shape index (κ3) is 8.32. The van der Waals surface area contributed by atoms with Gasteiger partial charge in [0.2, 0.25) is 0 Å². The molecule has 30 heavy (non-hydrogen) atoms. The molecule has 160 valence electrons. The summed E-state index contributed by atoms with van der Waals surface area (Å²) in [5, 5.41) is 4.85. The summed E-state index contributed by atoms with van der Waals surface area (Å²) in [7, 11) is 0. The molecule has 0 amide bonds. The number of fused-ring (bicyclic) bond motifs is 1. The molecule has 0 saturated heterocycles. The zero-order chi connectivity index (χ0) is 20.8. The Morgan fingerprint density at radius 3 is 2.10 bits per heavy atom. The summed E-state index contributed by atoms with van der Waals surface area (Å²) in [6.45, 7) is 15.4. The van der Waals surface area contributed by atoms with Gasteiger partial charge in [-0.2, -0.15) is 17.2 Å². The normalized spacial score (nSPS) is 14.6. The third-order valence-electron chi connectivity index (χ3n) is 4.92. The number of allylic oxidation sites excluding steroid dienone is 4. The SMILES string of the molecule is CC1=[C-]C(C)C(C)=C1C.C[Si](C)=[Zr+2].Cc1cc2c(-c3cccs3)cccc2[cH-]1.Cl.Cl. The molecule has 0 spiro atoms. The summed E-state index contributed by atoms with van der Waals surface area (Å²) < 4.78 is 0. The summed E-state index contributed by atoms with van der Waals surface area (Å²) >= 11 is 3.54. The van der Waals surface area contributed by atoms with Crippen LogP contribution in [0.1, 0.15) is 33.3 Å². The first kappa shape index (κ1) is 29.7. The van der Waals surface area contributed by atoms with Crippen LogP contribution in [0.15, 0.2) is 64.6 Å². The van der Waals surface area contributed by atoms with Gasteiger partial charge >= 0.3 is 41.9 Å². The minimum absolute atomic E-state index is 0. The number of halogens is 2. The molecule has 1 atom stereocenters. The molecule has 1 heterocycles. The first-order valence-corrected chi connectivity index (χ1v) is 16.8. The summed E-state index contributed by atoms with van der Waals surface area (Å²) in [6, 6.07) is 15.3. The van der Waals surface area contributed by atoms with Crippen LogP contribution in [0, 0.1) is 18.9 Å². The van der Waals surface area contributed by atoms with Crippen molar-refractivity contribution in [1.82, 2.24) is 0 Å². The maximum atomic E-state index is 3.36. The van der Waals surface area contributed by atoms with Crippen LogP contribution in [0.2, 0.25) is 13.1 Å². The van der Waals surface area contributed by atoms with Gasteiger partial charge in [0, 0.05) is 4.88 Å². The van der Waals surface area contributed by atoms with E-state index in [-0.39, 0.29) is 30.2 Å². The average molecular weight is 555 g/mol. The molecule has 0 aliphatic heterocycles. The van der Waals surface area contributed by atoms with Gasteiger partial charge in [0.15, 0.2) is 0 Å². The first-order chi connectivity index (χ1) is 13.2. The van der Waals surface area contributed by atoms with Crippen molar-refractivity contribution in [3.05, 3.63) is 76.2 Å². The van der Waals surface area contributed by atoms with Crippen molar-refractivity contribution in [2.45, 2.75) is 47.7 Å². The van der Waals surface area contributed by atoms with Gasteiger partial charge < -0.3 is 0 Å². The molecule has 1 aliphatic carbocycles. The Labute approximate surface area is 214 Å². The van der Waals surface area contributed by atoms with Gasteiger partial charge in [-0.1, -0.05) is 51.3 Å². The van der Waals surface area contributed by atoms with Gasteiger partial charge in [0.1, 0.15) is 0 Å². The van der Waals surface area contributed by atoms with E-state index in [0.29, 0.717) is 5.92 Å². The van der Waals surface area contributed by atoms with Crippen LogP contribution in [0.5, 0.6) is 0 Å². The predicted molar refractivity (Wildman–Crippen MR) is 140 cm³/mol. The van der Waals surface area contributed by atoms with Crippen molar-refractivity contribution >= 4 is 52.4 Å². The Morgan fingerprint density at radius 1 is 1.03 bits per heavy atom. The average Bonchev–Trinajstić information content (AvgIpc) is 3.32. The van der Waals surface area contributed by atoms with Crippen molar-refractivity contribution in [3.8, 4) is 10.4 Å². The van der Waals surface area contributed by atoms with Crippen LogP contribution in [0.4, 0.5) is 0 Å².